The van der Waals surface area contributed by atoms with Crippen molar-refractivity contribution in [2.24, 2.45) is 0 Å². The van der Waals surface area contributed by atoms with Crippen LogP contribution in [-0.4, -0.2) is 42.0 Å². The number of hydrogen-bond donors (Lipinski definition) is 1. The standard InChI is InChI=1S/C15H16BrN3OS/c16-14-5-4-12(21-14)11-18-7-9-19(10-8-18)15(20)13-3-1-2-6-17-13/h1-6H,7-11H2/p+1. The second-order valence-electron chi connectivity index (χ2n) is 5.14. The van der Waals surface area contributed by atoms with Crippen LogP contribution in [0.1, 0.15) is 15.4 Å². The van der Waals surface area contributed by atoms with E-state index < -0.39 is 0 Å². The summed E-state index contributed by atoms with van der Waals surface area (Å²) in [7, 11) is 0. The maximum atomic E-state index is 12.3. The predicted molar refractivity (Wildman–Crippen MR) is 86.6 cm³/mol. The molecule has 0 aliphatic carbocycles. The largest absolute Gasteiger partial charge is 0.328 e. The van der Waals surface area contributed by atoms with Gasteiger partial charge in [0.15, 0.2) is 0 Å². The average molecular weight is 367 g/mol. The van der Waals surface area contributed by atoms with E-state index in [1.54, 1.807) is 23.6 Å². The number of pyridine rings is 1. The molecule has 1 aliphatic rings. The second-order valence-corrected chi connectivity index (χ2v) is 7.69. The van der Waals surface area contributed by atoms with Gasteiger partial charge in [0.25, 0.3) is 5.91 Å². The van der Waals surface area contributed by atoms with Crippen LogP contribution in [0.3, 0.4) is 0 Å². The van der Waals surface area contributed by atoms with E-state index >= 15 is 0 Å². The molecule has 2 aromatic heterocycles. The summed E-state index contributed by atoms with van der Waals surface area (Å²) < 4.78 is 1.18. The van der Waals surface area contributed by atoms with E-state index in [0.29, 0.717) is 5.69 Å². The van der Waals surface area contributed by atoms with Gasteiger partial charge in [0, 0.05) is 6.20 Å². The molecule has 2 aromatic rings. The van der Waals surface area contributed by atoms with E-state index in [0.717, 1.165) is 32.7 Å². The lowest BCUT2D eigenvalue weighted by atomic mass is 10.2. The van der Waals surface area contributed by atoms with Crippen molar-refractivity contribution in [2.75, 3.05) is 26.2 Å². The number of quaternary nitrogens is 1. The van der Waals surface area contributed by atoms with Crippen LogP contribution in [0.5, 0.6) is 0 Å². The molecule has 1 saturated heterocycles. The number of rotatable bonds is 3. The molecule has 0 bridgehead atoms. The maximum Gasteiger partial charge on any atom is 0.272 e. The third-order valence-electron chi connectivity index (χ3n) is 3.69. The molecule has 0 atom stereocenters. The molecule has 3 heterocycles. The number of amides is 1. The van der Waals surface area contributed by atoms with Crippen LogP contribution in [0.4, 0.5) is 0 Å². The monoisotopic (exact) mass is 366 g/mol. The minimum absolute atomic E-state index is 0.0496. The fourth-order valence-electron chi connectivity index (χ4n) is 2.55. The molecular weight excluding hydrogens is 350 g/mol. The summed E-state index contributed by atoms with van der Waals surface area (Å²) in [5.41, 5.74) is 0.545. The van der Waals surface area contributed by atoms with Crippen LogP contribution in [0.25, 0.3) is 0 Å². The first kappa shape index (κ1) is 14.7. The van der Waals surface area contributed by atoms with Crippen LogP contribution in [-0.2, 0) is 6.54 Å². The molecule has 0 radical (unpaired) electrons. The van der Waals surface area contributed by atoms with Crippen LogP contribution < -0.4 is 4.90 Å². The molecule has 21 heavy (non-hydrogen) atoms. The molecule has 0 spiro atoms. The van der Waals surface area contributed by atoms with Gasteiger partial charge < -0.3 is 9.80 Å². The van der Waals surface area contributed by atoms with Gasteiger partial charge in [0.05, 0.1) is 34.8 Å². The SMILES string of the molecule is O=C(c1ccccn1)N1CC[NH+](Cc2ccc(Br)s2)CC1. The Morgan fingerprint density at radius 2 is 2.10 bits per heavy atom. The lowest BCUT2D eigenvalue weighted by Crippen LogP contribution is -3.13. The molecule has 1 amide bonds. The van der Waals surface area contributed by atoms with Gasteiger partial charge in [0.2, 0.25) is 0 Å². The zero-order valence-electron chi connectivity index (χ0n) is 11.6. The van der Waals surface area contributed by atoms with E-state index in [9.17, 15) is 4.79 Å². The summed E-state index contributed by atoms with van der Waals surface area (Å²) in [6, 6.07) is 9.74. The Morgan fingerprint density at radius 1 is 1.29 bits per heavy atom. The van der Waals surface area contributed by atoms with Gasteiger partial charge in [-0.1, -0.05) is 6.07 Å². The number of hydrogen-bond acceptors (Lipinski definition) is 3. The Morgan fingerprint density at radius 3 is 2.71 bits per heavy atom. The minimum Gasteiger partial charge on any atom is -0.328 e. The van der Waals surface area contributed by atoms with Gasteiger partial charge in [-0.05, 0) is 40.2 Å². The first-order chi connectivity index (χ1) is 10.2. The quantitative estimate of drug-likeness (QED) is 0.892. The summed E-state index contributed by atoms with van der Waals surface area (Å²) in [5.74, 6) is 0.0496. The molecule has 1 aliphatic heterocycles. The highest BCUT2D eigenvalue weighted by molar-refractivity contribution is 9.11. The number of thiophene rings is 1. The Hall–Kier alpha value is -1.24. The molecule has 1 fully saturated rings. The fourth-order valence-corrected chi connectivity index (χ4v) is 4.10. The number of halogens is 1. The summed E-state index contributed by atoms with van der Waals surface area (Å²) in [5, 5.41) is 0. The van der Waals surface area contributed by atoms with Crippen molar-refractivity contribution in [3.63, 3.8) is 0 Å². The molecule has 1 N–H and O–H groups in total. The lowest BCUT2D eigenvalue weighted by Gasteiger charge is -2.31. The number of carbonyl (C=O) groups excluding carboxylic acids is 1. The number of nitrogens with one attached hydrogen (secondary N) is 1. The number of carbonyl (C=O) groups is 1. The Balaban J connectivity index is 1.54. The van der Waals surface area contributed by atoms with Crippen molar-refractivity contribution in [3.05, 3.63) is 50.9 Å². The second kappa shape index (κ2) is 6.68. The topological polar surface area (TPSA) is 37.6 Å². The minimum atomic E-state index is 0.0496. The number of piperazine rings is 1. The van der Waals surface area contributed by atoms with Crippen molar-refractivity contribution in [1.29, 1.82) is 0 Å². The Labute approximate surface area is 136 Å². The molecular formula is C15H17BrN3OS+. The van der Waals surface area contributed by atoms with Crippen molar-refractivity contribution in [3.8, 4) is 0 Å². The van der Waals surface area contributed by atoms with Gasteiger partial charge in [0.1, 0.15) is 12.2 Å². The third-order valence-corrected chi connectivity index (χ3v) is 5.32. The molecule has 0 aromatic carbocycles. The van der Waals surface area contributed by atoms with Crippen LogP contribution in [0.2, 0.25) is 0 Å². The predicted octanol–water partition coefficient (Wildman–Crippen LogP) is 1.45. The number of aromatic nitrogens is 1. The summed E-state index contributed by atoms with van der Waals surface area (Å²) in [4.78, 5) is 21.3. The van der Waals surface area contributed by atoms with Crippen LogP contribution in [0, 0.1) is 0 Å². The van der Waals surface area contributed by atoms with Crippen LogP contribution in [0.15, 0.2) is 40.3 Å². The molecule has 0 saturated carbocycles. The molecule has 6 heteroatoms. The Bertz CT molecular complexity index is 608. The number of nitrogens with zero attached hydrogens (tertiary/aromatic N) is 2. The van der Waals surface area contributed by atoms with Crippen molar-refractivity contribution in [2.45, 2.75) is 6.54 Å². The third kappa shape index (κ3) is 3.70. The van der Waals surface area contributed by atoms with E-state index in [-0.39, 0.29) is 5.91 Å². The highest BCUT2D eigenvalue weighted by Gasteiger charge is 2.25. The van der Waals surface area contributed by atoms with Gasteiger partial charge in [-0.3, -0.25) is 9.78 Å². The molecule has 0 unspecified atom stereocenters. The van der Waals surface area contributed by atoms with Crippen molar-refractivity contribution < 1.29 is 9.69 Å². The summed E-state index contributed by atoms with van der Waals surface area (Å²) in [6.45, 7) is 4.64. The highest BCUT2D eigenvalue weighted by Crippen LogP contribution is 2.21. The van der Waals surface area contributed by atoms with E-state index in [2.05, 4.69) is 33.0 Å². The molecule has 3 rings (SSSR count). The fraction of sp³-hybridized carbons (Fsp3) is 0.333. The first-order valence-corrected chi connectivity index (χ1v) is 8.61. The van der Waals surface area contributed by atoms with Gasteiger partial charge in [-0.15, -0.1) is 11.3 Å². The Kier molecular flexibility index (Phi) is 4.67. The van der Waals surface area contributed by atoms with Crippen LogP contribution >= 0.6 is 27.3 Å². The van der Waals surface area contributed by atoms with Gasteiger partial charge >= 0.3 is 0 Å². The van der Waals surface area contributed by atoms with E-state index in [4.69, 9.17) is 0 Å². The zero-order valence-corrected chi connectivity index (χ0v) is 14.0. The normalized spacial score (nSPS) is 16.1. The average Bonchev–Trinajstić information content (AvgIpc) is 2.93. The summed E-state index contributed by atoms with van der Waals surface area (Å²) in [6.07, 6.45) is 1.67. The van der Waals surface area contributed by atoms with E-state index in [1.165, 1.54) is 13.6 Å². The smallest absolute Gasteiger partial charge is 0.272 e. The lowest BCUT2D eigenvalue weighted by molar-refractivity contribution is -0.917. The summed E-state index contributed by atoms with van der Waals surface area (Å²) >= 11 is 5.29. The van der Waals surface area contributed by atoms with Gasteiger partial charge in [-0.2, -0.15) is 0 Å². The van der Waals surface area contributed by atoms with Crippen molar-refractivity contribution in [1.82, 2.24) is 9.88 Å². The highest BCUT2D eigenvalue weighted by atomic mass is 79.9. The van der Waals surface area contributed by atoms with Crippen molar-refractivity contribution >= 4 is 33.2 Å². The zero-order chi connectivity index (χ0) is 14.7. The molecule has 110 valence electrons. The maximum absolute atomic E-state index is 12.3. The first-order valence-electron chi connectivity index (χ1n) is 7.00. The van der Waals surface area contributed by atoms with E-state index in [1.807, 2.05) is 17.0 Å². The molecule has 4 nitrogen and oxygen atoms in total. The van der Waals surface area contributed by atoms with Gasteiger partial charge in [-0.25, -0.2) is 0 Å².